The van der Waals surface area contributed by atoms with E-state index in [1.54, 1.807) is 31.2 Å². The van der Waals surface area contributed by atoms with Crippen molar-refractivity contribution in [1.29, 1.82) is 0 Å². The summed E-state index contributed by atoms with van der Waals surface area (Å²) in [6.45, 7) is 6.71. The highest BCUT2D eigenvalue weighted by molar-refractivity contribution is 6.30. The molecular formula is C19H17Cl2NO6. The first kappa shape index (κ1) is 21.5. The van der Waals surface area contributed by atoms with Crippen molar-refractivity contribution >= 4 is 34.9 Å². The monoisotopic (exact) mass is 425 g/mol. The maximum Gasteiger partial charge on any atom is 0.352 e. The van der Waals surface area contributed by atoms with E-state index in [0.717, 1.165) is 0 Å². The molecule has 2 rings (SSSR count). The molecule has 148 valence electrons. The average molecular weight is 426 g/mol. The molecule has 0 bridgehead atoms. The maximum absolute atomic E-state index is 11.9. The molecule has 2 atom stereocenters. The fraction of sp³-hybridized carbons (Fsp3) is 0.211. The summed E-state index contributed by atoms with van der Waals surface area (Å²) in [5.74, 6) is 0.281. The van der Waals surface area contributed by atoms with Crippen LogP contribution in [0.2, 0.25) is 5.02 Å². The number of nitrogens with zero attached hydrogens (tertiary/aromatic N) is 1. The van der Waals surface area contributed by atoms with Gasteiger partial charge in [0.2, 0.25) is 5.75 Å². The molecule has 0 fully saturated rings. The van der Waals surface area contributed by atoms with E-state index in [2.05, 4.69) is 6.58 Å². The van der Waals surface area contributed by atoms with Crippen LogP contribution in [0.5, 0.6) is 17.2 Å². The Morgan fingerprint density at radius 2 is 1.75 bits per heavy atom. The van der Waals surface area contributed by atoms with Gasteiger partial charge < -0.3 is 14.2 Å². The molecule has 0 aliphatic carbocycles. The van der Waals surface area contributed by atoms with E-state index in [0.29, 0.717) is 11.5 Å². The minimum absolute atomic E-state index is 0.0497. The molecule has 0 N–H and O–H groups in total. The Balaban J connectivity index is 2.03. The van der Waals surface area contributed by atoms with Gasteiger partial charge in [-0.05, 0) is 50.2 Å². The first-order valence-electron chi connectivity index (χ1n) is 8.10. The molecule has 0 aliphatic heterocycles. The Hall–Kier alpha value is -2.77. The van der Waals surface area contributed by atoms with Crippen molar-refractivity contribution in [3.8, 4) is 17.2 Å². The van der Waals surface area contributed by atoms with Crippen LogP contribution in [-0.4, -0.2) is 22.4 Å². The zero-order chi connectivity index (χ0) is 20.8. The molecule has 0 heterocycles. The van der Waals surface area contributed by atoms with Gasteiger partial charge in [-0.2, -0.15) is 0 Å². The minimum atomic E-state index is -0.892. The summed E-state index contributed by atoms with van der Waals surface area (Å²) in [4.78, 5) is 22.5. The van der Waals surface area contributed by atoms with Gasteiger partial charge in [-0.1, -0.05) is 18.2 Å². The van der Waals surface area contributed by atoms with Gasteiger partial charge in [0.15, 0.2) is 6.10 Å². The minimum Gasteiger partial charge on any atom is -0.479 e. The van der Waals surface area contributed by atoms with E-state index in [-0.39, 0.29) is 22.2 Å². The first-order valence-corrected chi connectivity index (χ1v) is 8.92. The number of ether oxygens (including phenoxy) is 3. The van der Waals surface area contributed by atoms with Crippen LogP contribution in [0.1, 0.15) is 13.8 Å². The third-order valence-corrected chi connectivity index (χ3v) is 3.97. The summed E-state index contributed by atoms with van der Waals surface area (Å²) in [7, 11) is 0. The summed E-state index contributed by atoms with van der Waals surface area (Å²) in [6.07, 6.45) is -0.892. The van der Waals surface area contributed by atoms with Crippen LogP contribution in [0.25, 0.3) is 0 Å². The van der Waals surface area contributed by atoms with Gasteiger partial charge in [-0.15, -0.1) is 11.6 Å². The molecule has 0 saturated carbocycles. The molecule has 2 unspecified atom stereocenters. The van der Waals surface area contributed by atoms with Gasteiger partial charge in [0.25, 0.3) is 0 Å². The lowest BCUT2D eigenvalue weighted by Gasteiger charge is -2.16. The third kappa shape index (κ3) is 5.87. The summed E-state index contributed by atoms with van der Waals surface area (Å²) in [5.41, 5.74) is -0.252. The number of carbonyl (C=O) groups excluding carboxylic acids is 1. The van der Waals surface area contributed by atoms with Gasteiger partial charge in [-0.3, -0.25) is 10.1 Å². The Morgan fingerprint density at radius 3 is 2.32 bits per heavy atom. The van der Waals surface area contributed by atoms with Crippen molar-refractivity contribution < 1.29 is 23.9 Å². The third-order valence-electron chi connectivity index (χ3n) is 3.49. The zero-order valence-corrected chi connectivity index (χ0v) is 16.6. The highest BCUT2D eigenvalue weighted by Gasteiger charge is 2.20. The van der Waals surface area contributed by atoms with Crippen LogP contribution < -0.4 is 9.47 Å². The summed E-state index contributed by atoms with van der Waals surface area (Å²) >= 11 is 11.6. The predicted octanol–water partition coefficient (Wildman–Crippen LogP) is 5.49. The van der Waals surface area contributed by atoms with Crippen molar-refractivity contribution in [3.63, 3.8) is 0 Å². The molecule has 0 aromatic heterocycles. The first-order chi connectivity index (χ1) is 13.2. The number of hydrogen-bond acceptors (Lipinski definition) is 6. The normalized spacial score (nSPS) is 12.6. The molecule has 0 saturated heterocycles. The number of alkyl halides is 1. The Morgan fingerprint density at radius 1 is 1.14 bits per heavy atom. The second-order valence-electron chi connectivity index (χ2n) is 5.71. The summed E-state index contributed by atoms with van der Waals surface area (Å²) < 4.78 is 16.0. The summed E-state index contributed by atoms with van der Waals surface area (Å²) in [6, 6.07) is 10.3. The largest absolute Gasteiger partial charge is 0.479 e. The lowest BCUT2D eigenvalue weighted by Crippen LogP contribution is -2.26. The van der Waals surface area contributed by atoms with Crippen molar-refractivity contribution in [2.24, 2.45) is 0 Å². The zero-order valence-electron chi connectivity index (χ0n) is 15.1. The van der Waals surface area contributed by atoms with Gasteiger partial charge >= 0.3 is 11.7 Å². The van der Waals surface area contributed by atoms with Gasteiger partial charge in [0.05, 0.1) is 10.3 Å². The average Bonchev–Trinajstić information content (AvgIpc) is 2.64. The van der Waals surface area contributed by atoms with Crippen LogP contribution in [0.3, 0.4) is 0 Å². The lowest BCUT2D eigenvalue weighted by molar-refractivity contribution is -0.385. The Kier molecular flexibility index (Phi) is 7.25. The highest BCUT2D eigenvalue weighted by atomic mass is 35.5. The summed E-state index contributed by atoms with van der Waals surface area (Å²) in [5, 5.41) is 10.8. The van der Waals surface area contributed by atoms with Crippen LogP contribution in [0.15, 0.2) is 54.8 Å². The van der Waals surface area contributed by atoms with E-state index in [1.165, 1.54) is 25.1 Å². The number of carbonyl (C=O) groups is 1. The molecule has 9 heteroatoms. The fourth-order valence-corrected chi connectivity index (χ4v) is 2.19. The second kappa shape index (κ2) is 9.43. The molecule has 0 spiro atoms. The number of allylic oxidation sites excluding steroid dienone is 1. The predicted molar refractivity (Wildman–Crippen MR) is 105 cm³/mol. The molecule has 7 nitrogen and oxygen atoms in total. The molecule has 0 amide bonds. The quantitative estimate of drug-likeness (QED) is 0.182. The number of esters is 1. The van der Waals surface area contributed by atoms with Crippen molar-refractivity contribution in [2.45, 2.75) is 25.3 Å². The molecule has 2 aromatic rings. The number of nitro groups is 1. The smallest absolute Gasteiger partial charge is 0.352 e. The van der Waals surface area contributed by atoms with Gasteiger partial charge in [0, 0.05) is 11.1 Å². The second-order valence-corrected chi connectivity index (χ2v) is 6.80. The maximum atomic E-state index is 11.9. The number of benzene rings is 2. The Labute approximate surface area is 171 Å². The van der Waals surface area contributed by atoms with Crippen molar-refractivity contribution in [2.75, 3.05) is 0 Å². The van der Waals surface area contributed by atoms with Crippen molar-refractivity contribution in [3.05, 3.63) is 69.9 Å². The van der Waals surface area contributed by atoms with Crippen molar-refractivity contribution in [1.82, 2.24) is 0 Å². The standard InChI is InChI=1S/C19H17Cl2NO6/c1-11(20)12(2)27-19(23)13(3)26-15-5-7-16(8-6-15)28-18-9-4-14(21)10-17(18)22(24)25/h4-11,13H,2H2,1,3H3. The van der Waals surface area contributed by atoms with Crippen LogP contribution in [-0.2, 0) is 9.53 Å². The number of nitro benzene ring substituents is 1. The van der Waals surface area contributed by atoms with E-state index in [1.807, 2.05) is 0 Å². The molecular weight excluding hydrogens is 409 g/mol. The van der Waals surface area contributed by atoms with Crippen LogP contribution in [0.4, 0.5) is 5.69 Å². The van der Waals surface area contributed by atoms with Gasteiger partial charge in [0.1, 0.15) is 17.3 Å². The number of rotatable bonds is 8. The van der Waals surface area contributed by atoms with Crippen LogP contribution >= 0.6 is 23.2 Å². The van der Waals surface area contributed by atoms with Gasteiger partial charge in [-0.25, -0.2) is 4.79 Å². The molecule has 28 heavy (non-hydrogen) atoms. The number of halogens is 2. The number of hydrogen-bond donors (Lipinski definition) is 0. The fourth-order valence-electron chi connectivity index (χ4n) is 1.98. The lowest BCUT2D eigenvalue weighted by atomic mass is 10.3. The highest BCUT2D eigenvalue weighted by Crippen LogP contribution is 2.34. The topological polar surface area (TPSA) is 87.9 Å². The molecule has 0 radical (unpaired) electrons. The molecule has 0 aliphatic rings. The Bertz CT molecular complexity index is 882. The molecule has 2 aromatic carbocycles. The van der Waals surface area contributed by atoms with E-state index >= 15 is 0 Å². The van der Waals surface area contributed by atoms with Crippen LogP contribution in [0, 0.1) is 10.1 Å². The SMILES string of the molecule is C=C(OC(=O)C(C)Oc1ccc(Oc2ccc(Cl)cc2[N+](=O)[O-])cc1)C(C)Cl. The van der Waals surface area contributed by atoms with E-state index in [9.17, 15) is 14.9 Å². The van der Waals surface area contributed by atoms with E-state index < -0.39 is 22.4 Å². The van der Waals surface area contributed by atoms with E-state index in [4.69, 9.17) is 37.4 Å².